The maximum Gasteiger partial charge on any atom is 0.271 e. The summed E-state index contributed by atoms with van der Waals surface area (Å²) in [5, 5.41) is 10.3. The summed E-state index contributed by atoms with van der Waals surface area (Å²) in [6.45, 7) is 3.50. The van der Waals surface area contributed by atoms with Gasteiger partial charge in [-0.15, -0.1) is 0 Å². The summed E-state index contributed by atoms with van der Waals surface area (Å²) < 4.78 is 25.7. The molecule has 0 saturated heterocycles. The Morgan fingerprint density at radius 3 is 2.47 bits per heavy atom. The Kier molecular flexibility index (Phi) is 4.05. The molecule has 1 fully saturated rings. The minimum absolute atomic E-state index is 0.0601. The normalized spacial score (nSPS) is 14.0. The predicted octanol–water partition coefficient (Wildman–Crippen LogP) is 4.38. The van der Waals surface area contributed by atoms with E-state index in [1.165, 1.54) is 13.2 Å². The number of benzene rings is 2. The Balaban J connectivity index is 2.00. The third-order valence-corrected chi connectivity index (χ3v) is 6.60. The van der Waals surface area contributed by atoms with Gasteiger partial charge in [0.1, 0.15) is 21.8 Å². The van der Waals surface area contributed by atoms with E-state index in [0.29, 0.717) is 27.0 Å². The molecule has 2 aromatic heterocycles. The number of halogens is 1. The van der Waals surface area contributed by atoms with E-state index in [1.807, 2.05) is 4.57 Å². The Hall–Kier alpha value is -3.13. The Morgan fingerprint density at radius 2 is 1.87 bits per heavy atom. The Labute approximate surface area is 174 Å². The molecule has 0 aliphatic heterocycles. The van der Waals surface area contributed by atoms with Gasteiger partial charge in [-0.1, -0.05) is 0 Å². The SMILES string of the molecule is COc1c(-c2cc(C)c(O)c(C)c2)c(F)cc2c(=O)c3c(=O)[nH]sc3n(C3CC3)c12. The monoisotopic (exact) mass is 426 g/mol. The highest BCUT2D eigenvalue weighted by Gasteiger charge is 2.32. The summed E-state index contributed by atoms with van der Waals surface area (Å²) >= 11 is 1.11. The van der Waals surface area contributed by atoms with Crippen LogP contribution in [-0.2, 0) is 0 Å². The zero-order valence-corrected chi connectivity index (χ0v) is 17.4. The molecular weight excluding hydrogens is 407 g/mol. The molecule has 154 valence electrons. The number of aromatic nitrogens is 2. The average Bonchev–Trinajstić information content (AvgIpc) is 3.47. The molecule has 2 heterocycles. The van der Waals surface area contributed by atoms with E-state index >= 15 is 4.39 Å². The first-order valence-corrected chi connectivity index (χ1v) is 10.4. The summed E-state index contributed by atoms with van der Waals surface area (Å²) in [5.41, 5.74) is 1.55. The molecule has 2 aromatic carbocycles. The predicted molar refractivity (Wildman–Crippen MR) is 116 cm³/mol. The number of aromatic amines is 1. The molecule has 0 radical (unpaired) electrons. The van der Waals surface area contributed by atoms with Crippen molar-refractivity contribution in [2.75, 3.05) is 7.11 Å². The van der Waals surface area contributed by atoms with Crippen molar-refractivity contribution in [3.63, 3.8) is 0 Å². The van der Waals surface area contributed by atoms with Gasteiger partial charge in [-0.05, 0) is 73.1 Å². The van der Waals surface area contributed by atoms with Crippen molar-refractivity contribution >= 4 is 32.7 Å². The zero-order valence-electron chi connectivity index (χ0n) is 16.6. The van der Waals surface area contributed by atoms with Crippen molar-refractivity contribution in [1.82, 2.24) is 8.94 Å². The molecule has 0 amide bonds. The molecule has 2 N–H and O–H groups in total. The minimum atomic E-state index is -0.616. The molecule has 1 aliphatic rings. The molecule has 1 aliphatic carbocycles. The first kappa shape index (κ1) is 18.9. The minimum Gasteiger partial charge on any atom is -0.507 e. The topological polar surface area (TPSA) is 84.3 Å². The van der Waals surface area contributed by atoms with Crippen LogP contribution in [0.4, 0.5) is 4.39 Å². The number of phenols is 1. The van der Waals surface area contributed by atoms with Crippen LogP contribution in [0.2, 0.25) is 0 Å². The van der Waals surface area contributed by atoms with Crippen LogP contribution in [0.3, 0.4) is 0 Å². The number of rotatable bonds is 3. The number of aryl methyl sites for hydroxylation is 2. The van der Waals surface area contributed by atoms with Crippen molar-refractivity contribution in [2.24, 2.45) is 0 Å². The average molecular weight is 426 g/mol. The van der Waals surface area contributed by atoms with Crippen LogP contribution in [0, 0.1) is 19.7 Å². The van der Waals surface area contributed by atoms with Crippen LogP contribution < -0.4 is 15.7 Å². The molecule has 5 rings (SSSR count). The van der Waals surface area contributed by atoms with E-state index in [4.69, 9.17) is 4.74 Å². The van der Waals surface area contributed by atoms with Crippen LogP contribution in [0.25, 0.3) is 32.2 Å². The second-order valence-electron chi connectivity index (χ2n) is 7.77. The van der Waals surface area contributed by atoms with Gasteiger partial charge >= 0.3 is 0 Å². The third-order valence-electron chi connectivity index (χ3n) is 5.72. The van der Waals surface area contributed by atoms with Gasteiger partial charge in [0.25, 0.3) is 5.56 Å². The number of pyridine rings is 1. The van der Waals surface area contributed by atoms with Gasteiger partial charge in [0.2, 0.25) is 5.43 Å². The molecule has 0 unspecified atom stereocenters. The fraction of sp³-hybridized carbons (Fsp3) is 0.273. The molecule has 8 heteroatoms. The number of hydrogen-bond acceptors (Lipinski definition) is 5. The molecule has 0 spiro atoms. The van der Waals surface area contributed by atoms with Gasteiger partial charge in [0.15, 0.2) is 5.75 Å². The smallest absolute Gasteiger partial charge is 0.271 e. The van der Waals surface area contributed by atoms with Crippen molar-refractivity contribution in [2.45, 2.75) is 32.7 Å². The first-order valence-electron chi connectivity index (χ1n) is 9.60. The van der Waals surface area contributed by atoms with E-state index in [9.17, 15) is 14.7 Å². The number of nitrogens with one attached hydrogen (secondary N) is 1. The fourth-order valence-corrected chi connectivity index (χ4v) is 5.10. The largest absolute Gasteiger partial charge is 0.507 e. The lowest BCUT2D eigenvalue weighted by Crippen LogP contribution is -2.16. The number of nitrogens with zero attached hydrogens (tertiary/aromatic N) is 1. The van der Waals surface area contributed by atoms with E-state index < -0.39 is 16.8 Å². The number of ether oxygens (including phenoxy) is 1. The summed E-state index contributed by atoms with van der Waals surface area (Å²) in [6, 6.07) is 4.71. The van der Waals surface area contributed by atoms with Gasteiger partial charge in [-0.25, -0.2) is 4.39 Å². The van der Waals surface area contributed by atoms with Gasteiger partial charge in [-0.3, -0.25) is 14.0 Å². The van der Waals surface area contributed by atoms with Crippen LogP contribution in [0.15, 0.2) is 27.8 Å². The fourth-order valence-electron chi connectivity index (χ4n) is 4.18. The standard InChI is InChI=1S/C22H19FN2O4S/c1-9-6-11(7-10(2)18(9)26)15-14(23)8-13-17(20(15)29-3)25(12-4-5-12)22-16(19(13)27)21(28)24-30-22/h6-8,12,26H,4-5H2,1-3H3,(H,24,28). The van der Waals surface area contributed by atoms with Crippen molar-refractivity contribution in [3.8, 4) is 22.6 Å². The number of methoxy groups -OCH3 is 1. The Morgan fingerprint density at radius 1 is 1.20 bits per heavy atom. The second-order valence-corrected chi connectivity index (χ2v) is 8.56. The highest BCUT2D eigenvalue weighted by molar-refractivity contribution is 7.12. The molecule has 4 aromatic rings. The van der Waals surface area contributed by atoms with Crippen LogP contribution in [-0.4, -0.2) is 21.2 Å². The van der Waals surface area contributed by atoms with Crippen molar-refractivity contribution < 1.29 is 14.2 Å². The molecule has 0 bridgehead atoms. The summed E-state index contributed by atoms with van der Waals surface area (Å²) in [6.07, 6.45) is 1.82. The zero-order chi connectivity index (χ0) is 21.3. The number of H-pyrrole nitrogens is 1. The van der Waals surface area contributed by atoms with Gasteiger partial charge in [0.05, 0.1) is 23.6 Å². The Bertz CT molecular complexity index is 1450. The molecule has 6 nitrogen and oxygen atoms in total. The van der Waals surface area contributed by atoms with Crippen LogP contribution >= 0.6 is 11.5 Å². The quantitative estimate of drug-likeness (QED) is 0.509. The highest BCUT2D eigenvalue weighted by atomic mass is 32.1. The van der Waals surface area contributed by atoms with Crippen molar-refractivity contribution in [3.05, 3.63) is 55.7 Å². The lowest BCUT2D eigenvalue weighted by molar-refractivity contribution is 0.416. The molecule has 1 saturated carbocycles. The summed E-state index contributed by atoms with van der Waals surface area (Å²) in [5.74, 6) is -0.205. The molecule has 0 atom stereocenters. The summed E-state index contributed by atoms with van der Waals surface area (Å²) in [4.78, 5) is 25.9. The van der Waals surface area contributed by atoms with Gasteiger partial charge < -0.3 is 14.4 Å². The highest BCUT2D eigenvalue weighted by Crippen LogP contribution is 2.46. The van der Waals surface area contributed by atoms with E-state index in [2.05, 4.69) is 4.37 Å². The van der Waals surface area contributed by atoms with Crippen LogP contribution in [0.5, 0.6) is 11.5 Å². The first-order chi connectivity index (χ1) is 14.3. The van der Waals surface area contributed by atoms with Gasteiger partial charge in [0, 0.05) is 6.04 Å². The lowest BCUT2D eigenvalue weighted by atomic mass is 9.96. The van der Waals surface area contributed by atoms with Crippen molar-refractivity contribution in [1.29, 1.82) is 0 Å². The van der Waals surface area contributed by atoms with Crippen LogP contribution in [0.1, 0.15) is 30.0 Å². The maximum absolute atomic E-state index is 15.4. The second kappa shape index (κ2) is 6.43. The van der Waals surface area contributed by atoms with E-state index in [-0.39, 0.29) is 33.9 Å². The number of fused-ring (bicyclic) bond motifs is 2. The molecule has 30 heavy (non-hydrogen) atoms. The van der Waals surface area contributed by atoms with E-state index in [0.717, 1.165) is 24.4 Å². The number of phenolic OH excluding ortho intramolecular Hbond substituents is 1. The molecular formula is C22H19FN2O4S. The lowest BCUT2D eigenvalue weighted by Gasteiger charge is -2.19. The number of hydrogen-bond donors (Lipinski definition) is 2. The summed E-state index contributed by atoms with van der Waals surface area (Å²) in [7, 11) is 1.45. The maximum atomic E-state index is 15.4. The van der Waals surface area contributed by atoms with E-state index in [1.54, 1.807) is 26.0 Å². The van der Waals surface area contributed by atoms with Gasteiger partial charge in [-0.2, -0.15) is 0 Å². The number of aromatic hydroxyl groups is 1. The third kappa shape index (κ3) is 2.53.